The molecule has 0 aliphatic heterocycles. The smallest absolute Gasteiger partial charge is 0.122 e. The third-order valence-corrected chi connectivity index (χ3v) is 1.98. The van der Waals surface area contributed by atoms with E-state index < -0.39 is 0 Å². The first-order chi connectivity index (χ1) is 7.42. The van der Waals surface area contributed by atoms with Crippen LogP contribution >= 0.6 is 0 Å². The lowest BCUT2D eigenvalue weighted by atomic mass is 10.1. The zero-order chi connectivity index (χ0) is 10.5. The maximum atomic E-state index is 4.25. The molecule has 0 bridgehead atoms. The Balaban J connectivity index is 2.47. The lowest BCUT2D eigenvalue weighted by molar-refractivity contribution is 1.09. The number of H-pyrrole nitrogens is 1. The fourth-order valence-corrected chi connectivity index (χ4v) is 1.30. The summed E-state index contributed by atoms with van der Waals surface area (Å²) in [7, 11) is 0. The van der Waals surface area contributed by atoms with Crippen molar-refractivity contribution in [1.29, 1.82) is 0 Å². The monoisotopic (exact) mass is 197 g/mol. The second-order valence-electron chi connectivity index (χ2n) is 3.03. The summed E-state index contributed by atoms with van der Waals surface area (Å²) in [5, 5.41) is 6.83. The third-order valence-electron chi connectivity index (χ3n) is 1.98. The summed E-state index contributed by atoms with van der Waals surface area (Å²) in [5.74, 6) is 6.06. The van der Waals surface area contributed by atoms with Gasteiger partial charge in [-0.15, -0.1) is 0 Å². The summed E-state index contributed by atoms with van der Waals surface area (Å²) in [4.78, 5) is 4.25. The van der Waals surface area contributed by atoms with Gasteiger partial charge in [0.2, 0.25) is 0 Å². The van der Waals surface area contributed by atoms with E-state index in [1.54, 1.807) is 12.4 Å². The Hall–Kier alpha value is -2.08. The number of aromatic amines is 1. The Bertz CT molecular complexity index is 489. The van der Waals surface area contributed by atoms with Gasteiger partial charge in [-0.25, -0.2) is 4.98 Å². The summed E-state index contributed by atoms with van der Waals surface area (Å²) in [6, 6.07) is 5.79. The quantitative estimate of drug-likeness (QED) is 0.712. The molecule has 15 heavy (non-hydrogen) atoms. The maximum Gasteiger partial charge on any atom is 0.122 e. The second-order valence-corrected chi connectivity index (χ2v) is 3.03. The third kappa shape index (κ3) is 2.05. The zero-order valence-corrected chi connectivity index (χ0v) is 8.49. The van der Waals surface area contributed by atoms with Crippen LogP contribution in [0.1, 0.15) is 19.0 Å². The van der Waals surface area contributed by atoms with Crippen molar-refractivity contribution in [3.8, 4) is 23.1 Å². The Morgan fingerprint density at radius 1 is 1.33 bits per heavy atom. The number of aromatic nitrogens is 3. The van der Waals surface area contributed by atoms with Crippen molar-refractivity contribution in [2.75, 3.05) is 0 Å². The van der Waals surface area contributed by atoms with E-state index in [4.69, 9.17) is 0 Å². The van der Waals surface area contributed by atoms with Gasteiger partial charge in [-0.2, -0.15) is 5.10 Å². The first-order valence-corrected chi connectivity index (χ1v) is 4.85. The van der Waals surface area contributed by atoms with Gasteiger partial charge in [-0.3, -0.25) is 5.10 Å². The normalized spacial score (nSPS) is 9.40. The molecule has 0 amide bonds. The van der Waals surface area contributed by atoms with Gasteiger partial charge in [0, 0.05) is 24.4 Å². The van der Waals surface area contributed by atoms with Gasteiger partial charge in [0.05, 0.1) is 5.69 Å². The standard InChI is InChI=1S/C12H11N3/c1-2-3-6-11-10(5-4-8-13-11)12-7-9-14-15-12/h4-5,7-9H,2H2,1H3,(H,14,15). The minimum absolute atomic E-state index is 0.795. The van der Waals surface area contributed by atoms with Crippen molar-refractivity contribution in [3.05, 3.63) is 36.3 Å². The Morgan fingerprint density at radius 3 is 3.00 bits per heavy atom. The predicted octanol–water partition coefficient (Wildman–Crippen LogP) is 2.23. The van der Waals surface area contributed by atoms with Crippen molar-refractivity contribution in [2.45, 2.75) is 13.3 Å². The average Bonchev–Trinajstić information content (AvgIpc) is 2.80. The number of hydrogen-bond acceptors (Lipinski definition) is 2. The van der Waals surface area contributed by atoms with Crippen LogP contribution in [0.3, 0.4) is 0 Å². The van der Waals surface area contributed by atoms with Crippen LogP contribution in [0.4, 0.5) is 0 Å². The summed E-state index contributed by atoms with van der Waals surface area (Å²) < 4.78 is 0. The van der Waals surface area contributed by atoms with Crippen LogP contribution in [0.2, 0.25) is 0 Å². The molecular weight excluding hydrogens is 186 g/mol. The number of nitrogens with one attached hydrogen (secondary N) is 1. The van der Waals surface area contributed by atoms with Crippen LogP contribution < -0.4 is 0 Å². The molecule has 0 fully saturated rings. The van der Waals surface area contributed by atoms with Crippen molar-refractivity contribution in [3.63, 3.8) is 0 Å². The number of rotatable bonds is 1. The van der Waals surface area contributed by atoms with E-state index in [2.05, 4.69) is 27.0 Å². The minimum Gasteiger partial charge on any atom is -0.278 e. The van der Waals surface area contributed by atoms with Gasteiger partial charge in [-0.05, 0) is 24.1 Å². The minimum atomic E-state index is 0.795. The lowest BCUT2D eigenvalue weighted by Crippen LogP contribution is -1.88. The summed E-state index contributed by atoms with van der Waals surface area (Å²) >= 11 is 0. The van der Waals surface area contributed by atoms with Crippen molar-refractivity contribution >= 4 is 0 Å². The van der Waals surface area contributed by atoms with Crippen molar-refractivity contribution < 1.29 is 0 Å². The van der Waals surface area contributed by atoms with Crippen LogP contribution in [-0.2, 0) is 0 Å². The molecule has 0 atom stereocenters. The first kappa shape index (κ1) is 9.47. The highest BCUT2D eigenvalue weighted by molar-refractivity contribution is 5.65. The molecule has 0 aliphatic rings. The van der Waals surface area contributed by atoms with Gasteiger partial charge in [-0.1, -0.05) is 12.8 Å². The van der Waals surface area contributed by atoms with E-state index >= 15 is 0 Å². The topological polar surface area (TPSA) is 41.6 Å². The molecule has 74 valence electrons. The molecule has 1 N–H and O–H groups in total. The number of nitrogens with zero attached hydrogens (tertiary/aromatic N) is 2. The summed E-state index contributed by atoms with van der Waals surface area (Å²) in [6.45, 7) is 2.02. The lowest BCUT2D eigenvalue weighted by Gasteiger charge is -1.99. The Labute approximate surface area is 88.6 Å². The molecule has 0 unspecified atom stereocenters. The first-order valence-electron chi connectivity index (χ1n) is 4.85. The Morgan fingerprint density at radius 2 is 2.27 bits per heavy atom. The molecular formula is C12H11N3. The molecule has 2 aromatic heterocycles. The van der Waals surface area contributed by atoms with Crippen molar-refractivity contribution in [1.82, 2.24) is 15.2 Å². The SMILES string of the molecule is CCC#Cc1ncccc1-c1ccn[nH]1. The summed E-state index contributed by atoms with van der Waals surface area (Å²) in [6.07, 6.45) is 4.30. The molecule has 0 radical (unpaired) electrons. The highest BCUT2D eigenvalue weighted by Gasteiger charge is 2.03. The van der Waals surface area contributed by atoms with Crippen LogP contribution in [0, 0.1) is 11.8 Å². The molecule has 3 heteroatoms. The van der Waals surface area contributed by atoms with Crippen molar-refractivity contribution in [2.24, 2.45) is 0 Å². The van der Waals surface area contributed by atoms with E-state index in [-0.39, 0.29) is 0 Å². The van der Waals surface area contributed by atoms with E-state index in [0.29, 0.717) is 0 Å². The predicted molar refractivity (Wildman–Crippen MR) is 59.0 cm³/mol. The van der Waals surface area contributed by atoms with Crippen LogP contribution in [0.5, 0.6) is 0 Å². The fraction of sp³-hybridized carbons (Fsp3) is 0.167. The number of pyridine rings is 1. The molecule has 0 saturated carbocycles. The molecule has 0 aliphatic carbocycles. The largest absolute Gasteiger partial charge is 0.278 e. The van der Waals surface area contributed by atoms with Gasteiger partial charge in [0.1, 0.15) is 5.69 Å². The zero-order valence-electron chi connectivity index (χ0n) is 8.49. The van der Waals surface area contributed by atoms with E-state index in [9.17, 15) is 0 Å². The molecule has 0 aromatic carbocycles. The highest BCUT2D eigenvalue weighted by atomic mass is 15.1. The molecule has 3 nitrogen and oxygen atoms in total. The maximum absolute atomic E-state index is 4.25. The van der Waals surface area contributed by atoms with Crippen LogP contribution in [-0.4, -0.2) is 15.2 Å². The molecule has 2 heterocycles. The molecule has 0 saturated heterocycles. The Kier molecular flexibility index (Phi) is 2.80. The highest BCUT2D eigenvalue weighted by Crippen LogP contribution is 2.18. The van der Waals surface area contributed by atoms with Crippen LogP contribution in [0.25, 0.3) is 11.3 Å². The molecule has 0 spiro atoms. The van der Waals surface area contributed by atoms with Gasteiger partial charge in [0.15, 0.2) is 0 Å². The fourth-order valence-electron chi connectivity index (χ4n) is 1.30. The molecule has 2 rings (SSSR count). The van der Waals surface area contributed by atoms with E-state index in [0.717, 1.165) is 23.4 Å². The second kappa shape index (κ2) is 4.43. The van der Waals surface area contributed by atoms with Crippen LogP contribution in [0.15, 0.2) is 30.6 Å². The van der Waals surface area contributed by atoms with E-state index in [1.807, 2.05) is 25.1 Å². The molecule has 2 aromatic rings. The van der Waals surface area contributed by atoms with Gasteiger partial charge in [0.25, 0.3) is 0 Å². The number of hydrogen-bond donors (Lipinski definition) is 1. The van der Waals surface area contributed by atoms with E-state index in [1.165, 1.54) is 0 Å². The average molecular weight is 197 g/mol. The van der Waals surface area contributed by atoms with Gasteiger partial charge >= 0.3 is 0 Å². The summed E-state index contributed by atoms with van der Waals surface area (Å²) in [5.41, 5.74) is 2.74. The van der Waals surface area contributed by atoms with Gasteiger partial charge < -0.3 is 0 Å².